The molecule has 0 aliphatic heterocycles. The highest BCUT2D eigenvalue weighted by molar-refractivity contribution is 7.34. The average molecular weight is 166 g/mol. The van der Waals surface area contributed by atoms with Crippen LogP contribution in [0.4, 0.5) is 0 Å². The van der Waals surface area contributed by atoms with Crippen LogP contribution in [-0.2, 0) is 4.57 Å². The Labute approximate surface area is 66.4 Å². The van der Waals surface area contributed by atoms with Crippen molar-refractivity contribution >= 4 is 19.8 Å². The van der Waals surface area contributed by atoms with E-state index in [1.165, 1.54) is 6.07 Å². The second-order valence-electron chi connectivity index (χ2n) is 2.01. The van der Waals surface area contributed by atoms with Crippen LogP contribution in [0.3, 0.4) is 0 Å². The summed E-state index contributed by atoms with van der Waals surface area (Å²) in [5.41, 5.74) is 0.696. The SMILES string of the molecule is C=Cc1cccc(O)c1P=O. The minimum Gasteiger partial charge on any atom is -0.507 e. The summed E-state index contributed by atoms with van der Waals surface area (Å²) >= 11 is 0. The lowest BCUT2D eigenvalue weighted by molar-refractivity contribution is 0.479. The monoisotopic (exact) mass is 166 g/mol. The summed E-state index contributed by atoms with van der Waals surface area (Å²) in [4.78, 5) is 0. The minimum atomic E-state index is -0.181. The van der Waals surface area contributed by atoms with E-state index in [0.717, 1.165) is 0 Å². The largest absolute Gasteiger partial charge is 0.507 e. The summed E-state index contributed by atoms with van der Waals surface area (Å²) in [5, 5.41) is 9.56. The number of aromatic hydroxyl groups is 1. The molecule has 0 atom stereocenters. The lowest BCUT2D eigenvalue weighted by Crippen LogP contribution is -1.96. The van der Waals surface area contributed by atoms with E-state index in [4.69, 9.17) is 5.11 Å². The van der Waals surface area contributed by atoms with Crippen molar-refractivity contribution < 1.29 is 9.67 Å². The van der Waals surface area contributed by atoms with Crippen molar-refractivity contribution in [2.24, 2.45) is 0 Å². The quantitative estimate of drug-likeness (QED) is 0.682. The van der Waals surface area contributed by atoms with Gasteiger partial charge in [-0.15, -0.1) is 0 Å². The van der Waals surface area contributed by atoms with Crippen molar-refractivity contribution in [2.45, 2.75) is 0 Å². The predicted molar refractivity (Wildman–Crippen MR) is 45.4 cm³/mol. The van der Waals surface area contributed by atoms with Crippen molar-refractivity contribution in [3.63, 3.8) is 0 Å². The molecule has 1 aromatic rings. The normalized spacial score (nSPS) is 9.82. The molecular weight excluding hydrogens is 159 g/mol. The van der Waals surface area contributed by atoms with Gasteiger partial charge in [-0.1, -0.05) is 24.8 Å². The lowest BCUT2D eigenvalue weighted by Gasteiger charge is -1.98. The van der Waals surface area contributed by atoms with Crippen LogP contribution in [0.25, 0.3) is 6.08 Å². The Hall–Kier alpha value is -1.14. The molecule has 11 heavy (non-hydrogen) atoms. The topological polar surface area (TPSA) is 37.3 Å². The first-order valence-electron chi connectivity index (χ1n) is 3.07. The Morgan fingerprint density at radius 1 is 1.55 bits per heavy atom. The van der Waals surface area contributed by atoms with E-state index >= 15 is 0 Å². The fraction of sp³-hybridized carbons (Fsp3) is 0. The van der Waals surface area contributed by atoms with Crippen LogP contribution >= 0.6 is 8.46 Å². The molecule has 2 nitrogen and oxygen atoms in total. The standard InChI is InChI=1S/C8H7O2P/c1-2-6-4-3-5-7(9)8(6)11-10/h2-5,9H,1H2. The van der Waals surface area contributed by atoms with E-state index in [0.29, 0.717) is 10.9 Å². The molecule has 0 amide bonds. The highest BCUT2D eigenvalue weighted by Crippen LogP contribution is 2.15. The van der Waals surface area contributed by atoms with Gasteiger partial charge in [0.15, 0.2) is 8.46 Å². The zero-order chi connectivity index (χ0) is 8.27. The van der Waals surface area contributed by atoms with Crippen LogP contribution in [0.5, 0.6) is 5.75 Å². The summed E-state index contributed by atoms with van der Waals surface area (Å²) in [5.74, 6) is 0.0408. The Morgan fingerprint density at radius 3 is 2.73 bits per heavy atom. The zero-order valence-corrected chi connectivity index (χ0v) is 6.71. The van der Waals surface area contributed by atoms with Crippen LogP contribution in [0.15, 0.2) is 24.8 Å². The molecule has 0 aromatic heterocycles. The minimum absolute atomic E-state index is 0.0408. The summed E-state index contributed by atoms with van der Waals surface area (Å²) in [6.07, 6.45) is 1.56. The molecule has 3 heteroatoms. The number of hydrogen-bond donors (Lipinski definition) is 1. The Balaban J connectivity index is 3.35. The third kappa shape index (κ3) is 1.47. The first-order valence-corrected chi connectivity index (χ1v) is 3.88. The Morgan fingerprint density at radius 2 is 2.27 bits per heavy atom. The number of phenols is 1. The molecule has 0 radical (unpaired) electrons. The molecule has 0 heterocycles. The fourth-order valence-corrected chi connectivity index (χ4v) is 1.25. The Kier molecular flexibility index (Phi) is 2.40. The average Bonchev–Trinajstić information content (AvgIpc) is 2.04. The molecule has 0 fully saturated rings. The zero-order valence-electron chi connectivity index (χ0n) is 5.82. The second kappa shape index (κ2) is 3.31. The second-order valence-corrected chi connectivity index (χ2v) is 2.64. The van der Waals surface area contributed by atoms with Crippen molar-refractivity contribution in [3.05, 3.63) is 30.3 Å². The summed E-state index contributed by atoms with van der Waals surface area (Å²) in [6, 6.07) is 4.92. The fourth-order valence-electron chi connectivity index (χ4n) is 0.813. The van der Waals surface area contributed by atoms with E-state index < -0.39 is 0 Å². The van der Waals surface area contributed by atoms with Crippen molar-refractivity contribution in [3.8, 4) is 5.75 Å². The summed E-state index contributed by atoms with van der Waals surface area (Å²) < 4.78 is 10.5. The summed E-state index contributed by atoms with van der Waals surface area (Å²) in [6.45, 7) is 3.53. The van der Waals surface area contributed by atoms with Gasteiger partial charge in [-0.2, -0.15) is 0 Å². The van der Waals surface area contributed by atoms with Gasteiger partial charge in [0.25, 0.3) is 0 Å². The highest BCUT2D eigenvalue weighted by atomic mass is 31.1. The maximum Gasteiger partial charge on any atom is 0.196 e. The molecule has 0 unspecified atom stereocenters. The molecule has 0 saturated carbocycles. The van der Waals surface area contributed by atoms with Crippen LogP contribution in [0.1, 0.15) is 5.56 Å². The van der Waals surface area contributed by atoms with Crippen molar-refractivity contribution in [1.29, 1.82) is 0 Å². The van der Waals surface area contributed by atoms with Gasteiger partial charge in [0.1, 0.15) is 5.75 Å². The number of rotatable bonds is 2. The van der Waals surface area contributed by atoms with Gasteiger partial charge >= 0.3 is 0 Å². The maximum absolute atomic E-state index is 10.5. The van der Waals surface area contributed by atoms with Crippen LogP contribution in [-0.4, -0.2) is 5.11 Å². The molecule has 0 spiro atoms. The number of benzene rings is 1. The van der Waals surface area contributed by atoms with Gasteiger partial charge in [0, 0.05) is 0 Å². The van der Waals surface area contributed by atoms with Crippen LogP contribution in [0, 0.1) is 0 Å². The number of phenolic OH excluding ortho intramolecular Hbond substituents is 1. The molecule has 1 rings (SSSR count). The summed E-state index contributed by atoms with van der Waals surface area (Å²) in [7, 11) is -0.181. The van der Waals surface area contributed by atoms with Gasteiger partial charge in [-0.3, -0.25) is 4.57 Å². The van der Waals surface area contributed by atoms with E-state index in [9.17, 15) is 4.57 Å². The van der Waals surface area contributed by atoms with Gasteiger partial charge in [0.05, 0.1) is 5.30 Å². The van der Waals surface area contributed by atoms with Crippen LogP contribution < -0.4 is 5.30 Å². The highest BCUT2D eigenvalue weighted by Gasteiger charge is 2.03. The molecule has 0 aliphatic rings. The first kappa shape index (κ1) is 7.96. The molecule has 56 valence electrons. The van der Waals surface area contributed by atoms with E-state index in [1.54, 1.807) is 18.2 Å². The van der Waals surface area contributed by atoms with Crippen LogP contribution in [0.2, 0.25) is 0 Å². The van der Waals surface area contributed by atoms with E-state index in [1.807, 2.05) is 0 Å². The van der Waals surface area contributed by atoms with E-state index in [-0.39, 0.29) is 14.2 Å². The van der Waals surface area contributed by atoms with Gasteiger partial charge < -0.3 is 5.11 Å². The molecule has 0 saturated heterocycles. The molecule has 1 aromatic carbocycles. The Bertz CT molecular complexity index is 294. The van der Waals surface area contributed by atoms with E-state index in [2.05, 4.69) is 6.58 Å². The van der Waals surface area contributed by atoms with Gasteiger partial charge in [-0.05, 0) is 11.6 Å². The van der Waals surface area contributed by atoms with Crippen molar-refractivity contribution in [2.75, 3.05) is 0 Å². The molecule has 0 aliphatic carbocycles. The molecule has 1 N–H and O–H groups in total. The first-order chi connectivity index (χ1) is 5.29. The smallest absolute Gasteiger partial charge is 0.196 e. The maximum atomic E-state index is 10.5. The predicted octanol–water partition coefficient (Wildman–Crippen LogP) is 1.95. The lowest BCUT2D eigenvalue weighted by atomic mass is 10.2. The third-order valence-electron chi connectivity index (χ3n) is 1.36. The van der Waals surface area contributed by atoms with Crippen molar-refractivity contribution in [1.82, 2.24) is 0 Å². The van der Waals surface area contributed by atoms with Gasteiger partial charge in [0.2, 0.25) is 0 Å². The molecular formula is C8H7O2P. The third-order valence-corrected chi connectivity index (χ3v) is 2.03. The molecule has 0 bridgehead atoms. The van der Waals surface area contributed by atoms with Gasteiger partial charge in [-0.25, -0.2) is 0 Å². The number of hydrogen-bond acceptors (Lipinski definition) is 2.